The Labute approximate surface area is 249 Å². The van der Waals surface area contributed by atoms with Crippen LogP contribution in [0, 0.1) is 11.3 Å². The van der Waals surface area contributed by atoms with Crippen LogP contribution in [0.5, 0.6) is 17.2 Å². The lowest BCUT2D eigenvalue weighted by Crippen LogP contribution is -2.45. The highest BCUT2D eigenvalue weighted by Gasteiger charge is 2.49. The van der Waals surface area contributed by atoms with E-state index in [2.05, 4.69) is 31.7 Å². The molecule has 1 saturated heterocycles. The van der Waals surface area contributed by atoms with Gasteiger partial charge in [-0.3, -0.25) is 14.5 Å². The number of hydrogen-bond acceptors (Lipinski definition) is 7. The highest BCUT2D eigenvalue weighted by atomic mass is 16.7. The summed E-state index contributed by atoms with van der Waals surface area (Å²) in [5.41, 5.74) is 8.19. The number of anilines is 1. The van der Waals surface area contributed by atoms with Gasteiger partial charge in [0.1, 0.15) is 0 Å². The maximum atomic E-state index is 14.1. The smallest absolute Gasteiger partial charge is 0.308 e. The zero-order chi connectivity index (χ0) is 30.4. The van der Waals surface area contributed by atoms with E-state index >= 15 is 0 Å². The van der Waals surface area contributed by atoms with Gasteiger partial charge in [-0.05, 0) is 60.6 Å². The molecule has 228 valence electrons. The van der Waals surface area contributed by atoms with Gasteiger partial charge in [0, 0.05) is 37.3 Å². The minimum absolute atomic E-state index is 0.0560. The number of rotatable bonds is 13. The van der Waals surface area contributed by atoms with Gasteiger partial charge in [-0.25, -0.2) is 0 Å². The standard InChI is InChI=1S/C33H45N3O6/c1-6-8-13-36(24-11-9-10-22(14-24)18-34)29(37)20-35-19-25(23-15-27(40-5)31-28(16-23)41-21-42-31)30(32(38)39)26(35)17-33(3,4)12-7-2/h7,9-12,14-16,25-26,30H,6,8,13,17-21,34H2,1-5H3,(H,38,39)/t25-,26+,30?/m1/s1. The van der Waals surface area contributed by atoms with E-state index in [1.165, 1.54) is 0 Å². The van der Waals surface area contributed by atoms with Crippen molar-refractivity contribution in [2.75, 3.05) is 38.4 Å². The number of benzene rings is 2. The highest BCUT2D eigenvalue weighted by molar-refractivity contribution is 5.95. The normalized spacial score (nSPS) is 20.3. The zero-order valence-electron chi connectivity index (χ0n) is 25.5. The van der Waals surface area contributed by atoms with Crippen LogP contribution in [0.25, 0.3) is 0 Å². The van der Waals surface area contributed by atoms with Crippen molar-refractivity contribution in [1.82, 2.24) is 4.90 Å². The van der Waals surface area contributed by atoms with Gasteiger partial charge >= 0.3 is 5.97 Å². The number of fused-ring (bicyclic) bond motifs is 1. The number of amides is 1. The molecule has 2 aromatic carbocycles. The molecule has 2 aromatic rings. The first-order valence-corrected chi connectivity index (χ1v) is 14.8. The number of likely N-dealkylation sites (tertiary alicyclic amines) is 1. The van der Waals surface area contributed by atoms with Crippen LogP contribution in [0.3, 0.4) is 0 Å². The van der Waals surface area contributed by atoms with Crippen molar-refractivity contribution in [3.05, 3.63) is 59.7 Å². The summed E-state index contributed by atoms with van der Waals surface area (Å²) in [5.74, 6) is -0.484. The molecular formula is C33H45N3O6. The summed E-state index contributed by atoms with van der Waals surface area (Å²) >= 11 is 0. The molecule has 3 N–H and O–H groups in total. The van der Waals surface area contributed by atoms with E-state index in [4.69, 9.17) is 19.9 Å². The lowest BCUT2D eigenvalue weighted by Gasteiger charge is -2.34. The lowest BCUT2D eigenvalue weighted by atomic mass is 9.77. The second kappa shape index (κ2) is 13.6. The number of carboxylic acid groups (broad SMARTS) is 1. The Bertz CT molecular complexity index is 1290. The van der Waals surface area contributed by atoms with E-state index in [0.717, 1.165) is 29.7 Å². The monoisotopic (exact) mass is 579 g/mol. The lowest BCUT2D eigenvalue weighted by molar-refractivity contribution is -0.143. The quantitative estimate of drug-likeness (QED) is 0.312. The molecule has 9 heteroatoms. The molecular weight excluding hydrogens is 534 g/mol. The molecule has 0 aliphatic carbocycles. The summed E-state index contributed by atoms with van der Waals surface area (Å²) in [7, 11) is 1.56. The van der Waals surface area contributed by atoms with Crippen LogP contribution in [0.4, 0.5) is 5.69 Å². The fourth-order valence-electron chi connectivity index (χ4n) is 6.33. The number of ether oxygens (including phenoxy) is 3. The molecule has 0 spiro atoms. The number of nitrogens with zero attached hydrogens (tertiary/aromatic N) is 2. The summed E-state index contributed by atoms with van der Waals surface area (Å²) in [6.45, 7) is 9.85. The molecule has 2 heterocycles. The van der Waals surface area contributed by atoms with E-state index in [0.29, 0.717) is 43.3 Å². The zero-order valence-corrected chi connectivity index (χ0v) is 25.5. The number of hydrogen-bond donors (Lipinski definition) is 2. The average Bonchev–Trinajstić information content (AvgIpc) is 3.57. The first kappa shape index (κ1) is 31.4. The second-order valence-electron chi connectivity index (χ2n) is 11.9. The number of carbonyl (C=O) groups is 2. The predicted octanol–water partition coefficient (Wildman–Crippen LogP) is 5.18. The van der Waals surface area contributed by atoms with Gasteiger partial charge in [0.25, 0.3) is 0 Å². The first-order chi connectivity index (χ1) is 20.1. The topological polar surface area (TPSA) is 115 Å². The van der Waals surface area contributed by atoms with Crippen molar-refractivity contribution in [2.24, 2.45) is 17.1 Å². The van der Waals surface area contributed by atoms with Crippen molar-refractivity contribution in [3.63, 3.8) is 0 Å². The summed E-state index contributed by atoms with van der Waals surface area (Å²) in [5, 5.41) is 10.6. The Morgan fingerprint density at radius 3 is 2.69 bits per heavy atom. The van der Waals surface area contributed by atoms with E-state index < -0.39 is 11.9 Å². The second-order valence-corrected chi connectivity index (χ2v) is 11.9. The van der Waals surface area contributed by atoms with Crippen LogP contribution in [0.15, 0.2) is 48.6 Å². The van der Waals surface area contributed by atoms with Crippen LogP contribution in [-0.2, 0) is 16.1 Å². The third kappa shape index (κ3) is 6.90. The van der Waals surface area contributed by atoms with Crippen LogP contribution in [0.1, 0.15) is 64.0 Å². The molecule has 1 unspecified atom stereocenters. The van der Waals surface area contributed by atoms with Crippen LogP contribution in [0.2, 0.25) is 0 Å². The van der Waals surface area contributed by atoms with Crippen molar-refractivity contribution < 1.29 is 28.9 Å². The number of carbonyl (C=O) groups excluding carboxylic acids is 1. The molecule has 1 amide bonds. The number of nitrogens with two attached hydrogens (primary N) is 1. The molecule has 1 fully saturated rings. The van der Waals surface area contributed by atoms with Crippen LogP contribution in [-0.4, -0.2) is 61.5 Å². The number of aliphatic carboxylic acids is 1. The van der Waals surface area contributed by atoms with Crippen LogP contribution < -0.4 is 24.8 Å². The van der Waals surface area contributed by atoms with Gasteiger partial charge < -0.3 is 30.0 Å². The Balaban J connectivity index is 1.72. The minimum Gasteiger partial charge on any atom is -0.493 e. The molecule has 4 rings (SSSR count). The van der Waals surface area contributed by atoms with Crippen molar-refractivity contribution in [3.8, 4) is 17.2 Å². The first-order valence-electron chi connectivity index (χ1n) is 14.8. The molecule has 0 bridgehead atoms. The number of methoxy groups -OCH3 is 1. The van der Waals surface area contributed by atoms with Gasteiger partial charge in [-0.1, -0.05) is 51.5 Å². The van der Waals surface area contributed by atoms with E-state index in [1.54, 1.807) is 7.11 Å². The molecule has 2 aliphatic heterocycles. The minimum atomic E-state index is -0.883. The Morgan fingerprint density at radius 1 is 1.24 bits per heavy atom. The fraction of sp³-hybridized carbons (Fsp3) is 0.515. The molecule has 0 radical (unpaired) electrons. The third-order valence-electron chi connectivity index (χ3n) is 8.33. The van der Waals surface area contributed by atoms with Crippen molar-refractivity contribution in [1.29, 1.82) is 0 Å². The number of unbranched alkanes of at least 4 members (excludes halogenated alkanes) is 1. The number of allylic oxidation sites excluding steroid dienone is 2. The Hall–Kier alpha value is -3.56. The van der Waals surface area contributed by atoms with Gasteiger partial charge in [-0.2, -0.15) is 0 Å². The average molecular weight is 580 g/mol. The highest BCUT2D eigenvalue weighted by Crippen LogP contribution is 2.48. The van der Waals surface area contributed by atoms with E-state index in [9.17, 15) is 14.7 Å². The molecule has 9 nitrogen and oxygen atoms in total. The SMILES string of the molecule is CC=CC(C)(C)C[C@H]1C(C(=O)O)[C@@H](c2cc(OC)c3c(c2)OCO3)CN1CC(=O)N(CCCC)c1cccc(CN)c1. The predicted molar refractivity (Wildman–Crippen MR) is 163 cm³/mol. The summed E-state index contributed by atoms with van der Waals surface area (Å²) in [6, 6.07) is 11.1. The fourth-order valence-corrected chi connectivity index (χ4v) is 6.33. The molecule has 0 aromatic heterocycles. The molecule has 42 heavy (non-hydrogen) atoms. The Kier molecular flexibility index (Phi) is 10.2. The Morgan fingerprint density at radius 2 is 2.02 bits per heavy atom. The summed E-state index contributed by atoms with van der Waals surface area (Å²) in [6.07, 6.45) is 6.48. The third-order valence-corrected chi connectivity index (χ3v) is 8.33. The van der Waals surface area contributed by atoms with Crippen molar-refractivity contribution in [2.45, 2.75) is 65.5 Å². The maximum Gasteiger partial charge on any atom is 0.308 e. The van der Waals surface area contributed by atoms with Gasteiger partial charge in [0.05, 0.1) is 19.6 Å². The van der Waals surface area contributed by atoms with Gasteiger partial charge in [0.2, 0.25) is 18.4 Å². The largest absolute Gasteiger partial charge is 0.493 e. The van der Waals surface area contributed by atoms with Gasteiger partial charge in [-0.15, -0.1) is 0 Å². The molecule has 3 atom stereocenters. The molecule has 2 aliphatic rings. The molecule has 0 saturated carbocycles. The van der Waals surface area contributed by atoms with Gasteiger partial charge in [0.15, 0.2) is 11.5 Å². The van der Waals surface area contributed by atoms with Crippen molar-refractivity contribution >= 4 is 17.6 Å². The van der Waals surface area contributed by atoms with E-state index in [1.807, 2.05) is 54.3 Å². The van der Waals surface area contributed by atoms with Crippen LogP contribution >= 0.6 is 0 Å². The number of carboxylic acids is 1. The van der Waals surface area contributed by atoms with E-state index in [-0.39, 0.29) is 36.6 Å². The maximum absolute atomic E-state index is 14.1. The summed E-state index contributed by atoms with van der Waals surface area (Å²) in [4.78, 5) is 30.9. The summed E-state index contributed by atoms with van der Waals surface area (Å²) < 4.78 is 16.8.